The molecule has 5 heteroatoms. The van der Waals surface area contributed by atoms with Gasteiger partial charge in [-0.25, -0.2) is 13.1 Å². The molecule has 0 heterocycles. The van der Waals surface area contributed by atoms with Crippen LogP contribution in [0.4, 0.5) is 0 Å². The van der Waals surface area contributed by atoms with Crippen LogP contribution >= 0.6 is 0 Å². The topological polar surface area (TPSA) is 72.2 Å². The minimum absolute atomic E-state index is 0.0499. The average Bonchev–Trinajstić information content (AvgIpc) is 2.00. The van der Waals surface area contributed by atoms with E-state index in [0.717, 1.165) is 6.42 Å². The molecule has 0 saturated carbocycles. The molecule has 0 aromatic carbocycles. The molecule has 0 aromatic heterocycles. The average molecular weight is 208 g/mol. The van der Waals surface area contributed by atoms with Gasteiger partial charge in [-0.3, -0.25) is 0 Å². The zero-order valence-electron chi connectivity index (χ0n) is 8.41. The Balaban J connectivity index is 3.64. The second-order valence-electron chi connectivity index (χ2n) is 3.33. The van der Waals surface area contributed by atoms with Crippen molar-refractivity contribution in [3.8, 4) is 0 Å². The molecule has 0 spiro atoms. The maximum atomic E-state index is 11.2. The first-order valence-corrected chi connectivity index (χ1v) is 6.36. The fourth-order valence-electron chi connectivity index (χ4n) is 0.849. The van der Waals surface area contributed by atoms with Crippen LogP contribution in [0.5, 0.6) is 0 Å². The van der Waals surface area contributed by atoms with E-state index < -0.39 is 10.0 Å². The zero-order valence-corrected chi connectivity index (χ0v) is 9.23. The minimum Gasteiger partial charge on any atom is -0.328 e. The van der Waals surface area contributed by atoms with E-state index in [4.69, 9.17) is 5.73 Å². The van der Waals surface area contributed by atoms with Crippen molar-refractivity contribution in [3.05, 3.63) is 0 Å². The van der Waals surface area contributed by atoms with Gasteiger partial charge < -0.3 is 5.73 Å². The van der Waals surface area contributed by atoms with Crippen molar-refractivity contribution in [1.29, 1.82) is 0 Å². The van der Waals surface area contributed by atoms with E-state index in [1.807, 2.05) is 13.8 Å². The van der Waals surface area contributed by atoms with Crippen molar-refractivity contribution in [2.24, 2.45) is 5.73 Å². The second kappa shape index (κ2) is 6.34. The summed E-state index contributed by atoms with van der Waals surface area (Å²) in [5, 5.41) is 0. The predicted octanol–water partition coefficient (Wildman–Crippen LogP) is 0.443. The molecule has 0 radical (unpaired) electrons. The Hall–Kier alpha value is -0.130. The molecule has 0 rings (SSSR count). The number of sulfonamides is 1. The SMILES string of the molecule is CCCCS(=O)(=O)NCCC(C)N. The van der Waals surface area contributed by atoms with E-state index in [1.54, 1.807) is 0 Å². The van der Waals surface area contributed by atoms with Crippen molar-refractivity contribution >= 4 is 10.0 Å². The Morgan fingerprint density at radius 3 is 2.54 bits per heavy atom. The van der Waals surface area contributed by atoms with E-state index in [9.17, 15) is 8.42 Å². The van der Waals surface area contributed by atoms with Crippen LogP contribution in [-0.4, -0.2) is 26.8 Å². The van der Waals surface area contributed by atoms with Gasteiger partial charge in [-0.1, -0.05) is 13.3 Å². The lowest BCUT2D eigenvalue weighted by Crippen LogP contribution is -2.30. The molecule has 0 bridgehead atoms. The molecule has 0 saturated heterocycles. The summed E-state index contributed by atoms with van der Waals surface area (Å²) in [6.07, 6.45) is 2.30. The van der Waals surface area contributed by atoms with Gasteiger partial charge in [0.2, 0.25) is 10.0 Å². The van der Waals surface area contributed by atoms with E-state index in [0.29, 0.717) is 19.4 Å². The van der Waals surface area contributed by atoms with Crippen LogP contribution in [0.1, 0.15) is 33.1 Å². The monoisotopic (exact) mass is 208 g/mol. The third kappa shape index (κ3) is 8.21. The molecule has 0 aromatic rings. The molecule has 0 aliphatic heterocycles. The molecule has 3 N–H and O–H groups in total. The molecule has 13 heavy (non-hydrogen) atoms. The maximum Gasteiger partial charge on any atom is 0.211 e. The highest BCUT2D eigenvalue weighted by atomic mass is 32.2. The molecular formula is C8H20N2O2S. The van der Waals surface area contributed by atoms with Crippen molar-refractivity contribution in [3.63, 3.8) is 0 Å². The van der Waals surface area contributed by atoms with Gasteiger partial charge in [0.1, 0.15) is 0 Å². The summed E-state index contributed by atoms with van der Waals surface area (Å²) in [5.74, 6) is 0.225. The maximum absolute atomic E-state index is 11.2. The minimum atomic E-state index is -3.04. The van der Waals surface area contributed by atoms with Gasteiger partial charge in [-0.2, -0.15) is 0 Å². The van der Waals surface area contributed by atoms with Crippen LogP contribution < -0.4 is 10.5 Å². The first kappa shape index (κ1) is 12.9. The number of nitrogens with two attached hydrogens (primary N) is 1. The normalized spacial score (nSPS) is 14.4. The fraction of sp³-hybridized carbons (Fsp3) is 1.00. The highest BCUT2D eigenvalue weighted by Gasteiger charge is 2.08. The van der Waals surface area contributed by atoms with Gasteiger partial charge in [0.25, 0.3) is 0 Å². The van der Waals surface area contributed by atoms with Gasteiger partial charge >= 0.3 is 0 Å². The summed E-state index contributed by atoms with van der Waals surface area (Å²) in [6, 6.07) is 0.0499. The second-order valence-corrected chi connectivity index (χ2v) is 5.26. The Labute approximate surface area is 80.9 Å². The van der Waals surface area contributed by atoms with Crippen LogP contribution in [0.25, 0.3) is 0 Å². The Bertz CT molecular complexity index is 212. The molecule has 4 nitrogen and oxygen atoms in total. The molecular weight excluding hydrogens is 188 g/mol. The number of hydrogen-bond donors (Lipinski definition) is 2. The summed E-state index contributed by atoms with van der Waals surface area (Å²) in [6.45, 7) is 4.28. The van der Waals surface area contributed by atoms with Gasteiger partial charge in [-0.15, -0.1) is 0 Å². The summed E-state index contributed by atoms with van der Waals surface area (Å²) in [7, 11) is -3.04. The third-order valence-electron chi connectivity index (χ3n) is 1.69. The van der Waals surface area contributed by atoms with E-state index in [1.165, 1.54) is 0 Å². The van der Waals surface area contributed by atoms with E-state index >= 15 is 0 Å². The van der Waals surface area contributed by atoms with Crippen LogP contribution in [0.3, 0.4) is 0 Å². The first-order valence-electron chi connectivity index (χ1n) is 4.71. The van der Waals surface area contributed by atoms with Crippen molar-refractivity contribution in [2.75, 3.05) is 12.3 Å². The summed E-state index contributed by atoms with van der Waals surface area (Å²) in [5.41, 5.74) is 5.49. The number of hydrogen-bond acceptors (Lipinski definition) is 3. The summed E-state index contributed by atoms with van der Waals surface area (Å²) < 4.78 is 25.0. The van der Waals surface area contributed by atoms with Gasteiger partial charge in [0, 0.05) is 12.6 Å². The number of unbranched alkanes of at least 4 members (excludes halogenated alkanes) is 1. The predicted molar refractivity (Wildman–Crippen MR) is 55.0 cm³/mol. The van der Waals surface area contributed by atoms with E-state index in [2.05, 4.69) is 4.72 Å². The van der Waals surface area contributed by atoms with Crippen molar-refractivity contribution in [2.45, 2.75) is 39.2 Å². The third-order valence-corrected chi connectivity index (χ3v) is 3.16. The molecule has 80 valence electrons. The molecule has 1 atom stereocenters. The first-order chi connectivity index (χ1) is 5.98. The van der Waals surface area contributed by atoms with Crippen molar-refractivity contribution in [1.82, 2.24) is 4.72 Å². The largest absolute Gasteiger partial charge is 0.328 e. The smallest absolute Gasteiger partial charge is 0.211 e. The Kier molecular flexibility index (Phi) is 6.28. The van der Waals surface area contributed by atoms with Gasteiger partial charge in [0.05, 0.1) is 5.75 Å². The quantitative estimate of drug-likeness (QED) is 0.638. The zero-order chi connectivity index (χ0) is 10.3. The van der Waals surface area contributed by atoms with Crippen LogP contribution in [0, 0.1) is 0 Å². The van der Waals surface area contributed by atoms with Gasteiger partial charge in [0.15, 0.2) is 0 Å². The highest BCUT2D eigenvalue weighted by molar-refractivity contribution is 7.89. The number of nitrogens with one attached hydrogen (secondary N) is 1. The summed E-state index contributed by atoms with van der Waals surface area (Å²) >= 11 is 0. The molecule has 0 aliphatic carbocycles. The van der Waals surface area contributed by atoms with Crippen LogP contribution in [-0.2, 0) is 10.0 Å². The molecule has 0 amide bonds. The standard InChI is InChI=1S/C8H20N2O2S/c1-3-4-7-13(11,12)10-6-5-8(2)9/h8,10H,3-7,9H2,1-2H3. The molecule has 0 aliphatic rings. The van der Waals surface area contributed by atoms with Gasteiger partial charge in [-0.05, 0) is 19.8 Å². The lowest BCUT2D eigenvalue weighted by molar-refractivity contribution is 0.569. The number of rotatable bonds is 7. The van der Waals surface area contributed by atoms with Crippen molar-refractivity contribution < 1.29 is 8.42 Å². The highest BCUT2D eigenvalue weighted by Crippen LogP contribution is 1.94. The molecule has 0 fully saturated rings. The Morgan fingerprint density at radius 1 is 1.46 bits per heavy atom. The van der Waals surface area contributed by atoms with Crippen LogP contribution in [0.15, 0.2) is 0 Å². The van der Waals surface area contributed by atoms with E-state index in [-0.39, 0.29) is 11.8 Å². The molecule has 1 unspecified atom stereocenters. The Morgan fingerprint density at radius 2 is 2.08 bits per heavy atom. The fourth-order valence-corrected chi connectivity index (χ4v) is 2.09. The summed E-state index contributed by atoms with van der Waals surface area (Å²) in [4.78, 5) is 0. The van der Waals surface area contributed by atoms with Crippen LogP contribution in [0.2, 0.25) is 0 Å². The lowest BCUT2D eigenvalue weighted by atomic mass is 10.3. The lowest BCUT2D eigenvalue weighted by Gasteiger charge is -2.07.